The minimum Gasteiger partial charge on any atom is -0.321 e. The summed E-state index contributed by atoms with van der Waals surface area (Å²) in [5.74, 6) is 1.29. The van der Waals surface area contributed by atoms with Crippen molar-refractivity contribution in [2.75, 3.05) is 0 Å². The Morgan fingerprint density at radius 3 is 2.67 bits per heavy atom. The minimum atomic E-state index is -0.00158. The molecule has 0 aliphatic carbocycles. The van der Waals surface area contributed by atoms with Crippen LogP contribution in [0.5, 0.6) is 0 Å². The van der Waals surface area contributed by atoms with E-state index in [0.717, 1.165) is 29.7 Å². The molecule has 0 amide bonds. The van der Waals surface area contributed by atoms with Gasteiger partial charge in [-0.3, -0.25) is 0 Å². The van der Waals surface area contributed by atoms with Crippen molar-refractivity contribution in [3.8, 4) is 0 Å². The SMILES string of the molecule is CCCC(C)(C)n1c(CCl)nc2c(Cl)cccc21. The van der Waals surface area contributed by atoms with Gasteiger partial charge in [-0.1, -0.05) is 31.0 Å². The van der Waals surface area contributed by atoms with Crippen LogP contribution >= 0.6 is 23.2 Å². The third-order valence-electron chi connectivity index (χ3n) is 3.29. The van der Waals surface area contributed by atoms with Crippen molar-refractivity contribution in [1.82, 2.24) is 9.55 Å². The van der Waals surface area contributed by atoms with Crippen LogP contribution in [0.3, 0.4) is 0 Å². The van der Waals surface area contributed by atoms with Gasteiger partial charge in [0.05, 0.1) is 16.4 Å². The monoisotopic (exact) mass is 284 g/mol. The minimum absolute atomic E-state index is 0.00158. The van der Waals surface area contributed by atoms with Crippen molar-refractivity contribution in [3.05, 3.63) is 29.0 Å². The third kappa shape index (κ3) is 2.24. The summed E-state index contributed by atoms with van der Waals surface area (Å²) in [6.07, 6.45) is 2.20. The summed E-state index contributed by atoms with van der Waals surface area (Å²) in [6.45, 7) is 6.62. The lowest BCUT2D eigenvalue weighted by atomic mass is 9.98. The fourth-order valence-electron chi connectivity index (χ4n) is 2.60. The summed E-state index contributed by atoms with van der Waals surface area (Å²) in [6, 6.07) is 5.89. The second-order valence-electron chi connectivity index (χ2n) is 5.17. The number of nitrogens with zero attached hydrogens (tertiary/aromatic N) is 2. The van der Waals surface area contributed by atoms with Crippen LogP contribution in [0.15, 0.2) is 18.2 Å². The van der Waals surface area contributed by atoms with Crippen molar-refractivity contribution in [2.24, 2.45) is 0 Å². The summed E-state index contributed by atoms with van der Waals surface area (Å²) in [7, 11) is 0. The smallest absolute Gasteiger partial charge is 0.125 e. The second kappa shape index (κ2) is 5.10. The fraction of sp³-hybridized carbons (Fsp3) is 0.500. The van der Waals surface area contributed by atoms with Crippen LogP contribution in [-0.4, -0.2) is 9.55 Å². The average molecular weight is 285 g/mol. The van der Waals surface area contributed by atoms with Crippen molar-refractivity contribution >= 4 is 34.2 Å². The summed E-state index contributed by atoms with van der Waals surface area (Å²) in [5, 5.41) is 0.685. The van der Waals surface area contributed by atoms with E-state index in [1.807, 2.05) is 12.1 Å². The average Bonchev–Trinajstić information content (AvgIpc) is 2.69. The van der Waals surface area contributed by atoms with E-state index >= 15 is 0 Å². The van der Waals surface area contributed by atoms with Crippen molar-refractivity contribution < 1.29 is 0 Å². The number of benzene rings is 1. The predicted molar refractivity (Wildman–Crippen MR) is 78.5 cm³/mol. The van der Waals surface area contributed by atoms with E-state index in [0.29, 0.717) is 10.9 Å². The molecule has 1 aromatic carbocycles. The first-order valence-electron chi connectivity index (χ1n) is 6.23. The number of fused-ring (bicyclic) bond motifs is 1. The maximum Gasteiger partial charge on any atom is 0.125 e. The number of imidazole rings is 1. The first-order chi connectivity index (χ1) is 8.51. The zero-order chi connectivity index (χ0) is 13.3. The molecule has 0 radical (unpaired) electrons. The number of hydrogen-bond acceptors (Lipinski definition) is 1. The number of aromatic nitrogens is 2. The quantitative estimate of drug-likeness (QED) is 0.726. The zero-order valence-corrected chi connectivity index (χ0v) is 12.5. The van der Waals surface area contributed by atoms with Crippen LogP contribution in [0.4, 0.5) is 0 Å². The molecular weight excluding hydrogens is 267 g/mol. The molecule has 0 atom stereocenters. The van der Waals surface area contributed by atoms with Gasteiger partial charge >= 0.3 is 0 Å². The highest BCUT2D eigenvalue weighted by atomic mass is 35.5. The molecule has 0 saturated heterocycles. The highest BCUT2D eigenvalue weighted by Crippen LogP contribution is 2.32. The van der Waals surface area contributed by atoms with Gasteiger partial charge < -0.3 is 4.57 Å². The van der Waals surface area contributed by atoms with Crippen molar-refractivity contribution in [2.45, 2.75) is 45.0 Å². The van der Waals surface area contributed by atoms with Crippen LogP contribution in [0.2, 0.25) is 5.02 Å². The Hall–Kier alpha value is -0.730. The number of halogens is 2. The molecule has 18 heavy (non-hydrogen) atoms. The Morgan fingerprint density at radius 2 is 2.06 bits per heavy atom. The van der Waals surface area contributed by atoms with Crippen LogP contribution in [0.25, 0.3) is 11.0 Å². The molecule has 0 unspecified atom stereocenters. The molecule has 0 N–H and O–H groups in total. The molecule has 0 fully saturated rings. The van der Waals surface area contributed by atoms with E-state index in [9.17, 15) is 0 Å². The van der Waals surface area contributed by atoms with Gasteiger partial charge in [0, 0.05) is 5.54 Å². The number of para-hydroxylation sites is 1. The van der Waals surface area contributed by atoms with Crippen molar-refractivity contribution in [1.29, 1.82) is 0 Å². The number of rotatable bonds is 4. The summed E-state index contributed by atoms with van der Waals surface area (Å²) >= 11 is 12.2. The standard InChI is InChI=1S/C14H18Cl2N2/c1-4-8-14(2,3)18-11-7-5-6-10(16)13(11)17-12(18)9-15/h5-7H,4,8-9H2,1-3H3. The first kappa shape index (κ1) is 13.7. The molecule has 0 spiro atoms. The van der Waals surface area contributed by atoms with E-state index in [2.05, 4.69) is 36.4 Å². The Kier molecular flexibility index (Phi) is 3.88. The molecule has 1 heterocycles. The summed E-state index contributed by atoms with van der Waals surface area (Å²) in [4.78, 5) is 4.58. The van der Waals surface area contributed by atoms with Crippen LogP contribution < -0.4 is 0 Å². The Morgan fingerprint density at radius 1 is 1.33 bits per heavy atom. The Labute approximate surface area is 118 Å². The van der Waals surface area contributed by atoms with Crippen LogP contribution in [0.1, 0.15) is 39.4 Å². The summed E-state index contributed by atoms with van der Waals surface area (Å²) in [5.41, 5.74) is 1.91. The molecule has 0 aliphatic heterocycles. The normalized spacial score (nSPS) is 12.3. The van der Waals surface area contributed by atoms with Crippen molar-refractivity contribution in [3.63, 3.8) is 0 Å². The van der Waals surface area contributed by atoms with Gasteiger partial charge in [0.2, 0.25) is 0 Å². The van der Waals surface area contributed by atoms with Gasteiger partial charge in [-0.15, -0.1) is 11.6 Å². The molecule has 1 aromatic heterocycles. The van der Waals surface area contributed by atoms with Gasteiger partial charge in [0.15, 0.2) is 0 Å². The lowest BCUT2D eigenvalue weighted by molar-refractivity contribution is 0.326. The fourth-order valence-corrected chi connectivity index (χ4v) is 2.99. The maximum absolute atomic E-state index is 6.21. The summed E-state index contributed by atoms with van der Waals surface area (Å²) < 4.78 is 2.23. The Bertz CT molecular complexity index is 558. The maximum atomic E-state index is 6.21. The first-order valence-corrected chi connectivity index (χ1v) is 7.14. The van der Waals surface area contributed by atoms with E-state index in [-0.39, 0.29) is 5.54 Å². The highest BCUT2D eigenvalue weighted by molar-refractivity contribution is 6.35. The molecule has 0 saturated carbocycles. The van der Waals surface area contributed by atoms with Gasteiger partial charge in [0.25, 0.3) is 0 Å². The van der Waals surface area contributed by atoms with E-state index < -0.39 is 0 Å². The van der Waals surface area contributed by atoms with Crippen LogP contribution in [0, 0.1) is 0 Å². The molecule has 2 nitrogen and oxygen atoms in total. The van der Waals surface area contributed by atoms with Gasteiger partial charge in [-0.2, -0.15) is 0 Å². The van der Waals surface area contributed by atoms with Gasteiger partial charge in [-0.25, -0.2) is 4.98 Å². The Balaban J connectivity index is 2.71. The molecule has 0 bridgehead atoms. The van der Waals surface area contributed by atoms with E-state index in [1.54, 1.807) is 0 Å². The van der Waals surface area contributed by atoms with Gasteiger partial charge in [-0.05, 0) is 32.4 Å². The third-order valence-corrected chi connectivity index (χ3v) is 3.84. The zero-order valence-electron chi connectivity index (χ0n) is 11.0. The highest BCUT2D eigenvalue weighted by Gasteiger charge is 2.25. The molecule has 2 aromatic rings. The predicted octanol–water partition coefficient (Wildman–Crippen LogP) is 4.96. The molecule has 2 rings (SSSR count). The second-order valence-corrected chi connectivity index (χ2v) is 5.84. The molecule has 98 valence electrons. The lowest BCUT2D eigenvalue weighted by Crippen LogP contribution is -2.27. The van der Waals surface area contributed by atoms with Crippen LogP contribution in [-0.2, 0) is 11.4 Å². The lowest BCUT2D eigenvalue weighted by Gasteiger charge is -2.29. The molecular formula is C14H18Cl2N2. The van der Waals surface area contributed by atoms with E-state index in [1.165, 1.54) is 0 Å². The van der Waals surface area contributed by atoms with E-state index in [4.69, 9.17) is 23.2 Å². The topological polar surface area (TPSA) is 17.8 Å². The number of alkyl halides is 1. The van der Waals surface area contributed by atoms with Gasteiger partial charge in [0.1, 0.15) is 11.3 Å². The molecule has 0 aliphatic rings. The largest absolute Gasteiger partial charge is 0.321 e. The number of hydrogen-bond donors (Lipinski definition) is 0. The molecule has 4 heteroatoms.